The van der Waals surface area contributed by atoms with Crippen LogP contribution >= 0.6 is 11.6 Å². The minimum atomic E-state index is 0.574. The molecule has 0 fully saturated rings. The summed E-state index contributed by atoms with van der Waals surface area (Å²) in [7, 11) is 0. The number of furan rings is 1. The van der Waals surface area contributed by atoms with Crippen molar-refractivity contribution in [2.45, 2.75) is 0 Å². The Hall–Kier alpha value is -2.65. The molecular weight excluding hydrogens is 298 g/mol. The minimum Gasteiger partial charge on any atom is -0.437 e. The first-order valence-corrected chi connectivity index (χ1v) is 7.17. The summed E-state index contributed by atoms with van der Waals surface area (Å²) in [5.41, 5.74) is 3.46. The zero-order valence-corrected chi connectivity index (χ0v) is 12.2. The van der Waals surface area contributed by atoms with Gasteiger partial charge < -0.3 is 4.42 Å². The lowest BCUT2D eigenvalue weighted by atomic mass is 9.98. The van der Waals surface area contributed by atoms with Gasteiger partial charge in [-0.1, -0.05) is 29.8 Å². The number of aromatic nitrogens is 1. The van der Waals surface area contributed by atoms with E-state index in [9.17, 15) is 4.79 Å². The van der Waals surface area contributed by atoms with Crippen molar-refractivity contribution >= 4 is 40.0 Å². The molecule has 2 aromatic heterocycles. The lowest BCUT2D eigenvalue weighted by molar-refractivity contribution is 0.112. The first kappa shape index (κ1) is 13.0. The van der Waals surface area contributed by atoms with E-state index >= 15 is 0 Å². The van der Waals surface area contributed by atoms with E-state index in [1.165, 1.54) is 0 Å². The number of nitrogens with zero attached hydrogens (tertiary/aromatic N) is 1. The van der Waals surface area contributed by atoms with Crippen molar-refractivity contribution in [2.75, 3.05) is 0 Å². The van der Waals surface area contributed by atoms with E-state index in [2.05, 4.69) is 4.98 Å². The maximum atomic E-state index is 11.3. The van der Waals surface area contributed by atoms with Gasteiger partial charge in [0.2, 0.25) is 5.71 Å². The molecule has 0 aliphatic carbocycles. The number of hydrogen-bond acceptors (Lipinski definition) is 3. The smallest absolute Gasteiger partial charge is 0.227 e. The third-order valence-electron chi connectivity index (χ3n) is 3.71. The average molecular weight is 308 g/mol. The highest BCUT2D eigenvalue weighted by atomic mass is 35.5. The lowest BCUT2D eigenvalue weighted by Gasteiger charge is -2.06. The maximum absolute atomic E-state index is 11.3. The third-order valence-corrected chi connectivity index (χ3v) is 3.94. The molecule has 3 nitrogen and oxygen atoms in total. The van der Waals surface area contributed by atoms with E-state index in [1.807, 2.05) is 30.3 Å². The molecule has 0 atom stereocenters. The predicted octanol–water partition coefficient (Wildman–Crippen LogP) is 5.11. The number of pyridine rings is 1. The largest absolute Gasteiger partial charge is 0.437 e. The second kappa shape index (κ2) is 4.97. The number of benzene rings is 2. The number of aldehydes is 1. The highest BCUT2D eigenvalue weighted by Crippen LogP contribution is 2.36. The fourth-order valence-corrected chi connectivity index (χ4v) is 2.88. The molecule has 0 aliphatic heterocycles. The summed E-state index contributed by atoms with van der Waals surface area (Å²) in [6.07, 6.45) is 2.52. The number of halogens is 1. The van der Waals surface area contributed by atoms with Crippen LogP contribution in [0.1, 0.15) is 10.4 Å². The van der Waals surface area contributed by atoms with Crippen molar-refractivity contribution in [3.05, 3.63) is 65.3 Å². The number of carbonyl (C=O) groups is 1. The molecule has 0 aliphatic rings. The Morgan fingerprint density at radius 3 is 2.73 bits per heavy atom. The molecule has 4 aromatic rings. The molecule has 22 heavy (non-hydrogen) atoms. The normalized spacial score (nSPS) is 11.1. The van der Waals surface area contributed by atoms with Crippen molar-refractivity contribution in [1.82, 2.24) is 4.98 Å². The summed E-state index contributed by atoms with van der Waals surface area (Å²) in [6, 6.07) is 14.9. The zero-order chi connectivity index (χ0) is 15.1. The van der Waals surface area contributed by atoms with E-state index in [1.54, 1.807) is 24.4 Å². The molecule has 0 saturated heterocycles. The highest BCUT2D eigenvalue weighted by molar-refractivity contribution is 6.31. The van der Waals surface area contributed by atoms with E-state index in [0.717, 1.165) is 28.2 Å². The molecule has 2 aromatic carbocycles. The summed E-state index contributed by atoms with van der Waals surface area (Å²) >= 11 is 6.09. The van der Waals surface area contributed by atoms with Gasteiger partial charge in [-0.2, -0.15) is 0 Å². The van der Waals surface area contributed by atoms with Crippen LogP contribution in [0.3, 0.4) is 0 Å². The monoisotopic (exact) mass is 307 g/mol. The summed E-state index contributed by atoms with van der Waals surface area (Å²) in [6.45, 7) is 0. The van der Waals surface area contributed by atoms with E-state index in [-0.39, 0.29) is 0 Å². The Labute approximate surface area is 131 Å². The Balaban J connectivity index is 2.12. The molecule has 0 bridgehead atoms. The summed E-state index contributed by atoms with van der Waals surface area (Å²) < 4.78 is 5.91. The van der Waals surface area contributed by atoms with Crippen molar-refractivity contribution in [1.29, 1.82) is 0 Å². The molecule has 0 amide bonds. The summed E-state index contributed by atoms with van der Waals surface area (Å²) in [5.74, 6) is 0. The Morgan fingerprint density at radius 2 is 1.86 bits per heavy atom. The van der Waals surface area contributed by atoms with Gasteiger partial charge in [-0.3, -0.25) is 4.79 Å². The Kier molecular flexibility index (Phi) is 2.94. The summed E-state index contributed by atoms with van der Waals surface area (Å²) in [4.78, 5) is 15.6. The van der Waals surface area contributed by atoms with Crippen LogP contribution < -0.4 is 0 Å². The predicted molar refractivity (Wildman–Crippen MR) is 87.3 cm³/mol. The SMILES string of the molecule is O=Cc1ccc(Cl)cc1-c1cccc2c1oc1ncccc12. The molecule has 0 spiro atoms. The molecule has 0 unspecified atom stereocenters. The number of rotatable bonds is 2. The van der Waals surface area contributed by atoms with Gasteiger partial charge in [-0.25, -0.2) is 4.98 Å². The number of carbonyl (C=O) groups excluding carboxylic acids is 1. The van der Waals surface area contributed by atoms with Crippen LogP contribution in [-0.2, 0) is 0 Å². The fraction of sp³-hybridized carbons (Fsp3) is 0. The van der Waals surface area contributed by atoms with Gasteiger partial charge in [0.05, 0.1) is 0 Å². The topological polar surface area (TPSA) is 43.1 Å². The number of fused-ring (bicyclic) bond motifs is 3. The van der Waals surface area contributed by atoms with Crippen molar-refractivity contribution < 1.29 is 9.21 Å². The van der Waals surface area contributed by atoms with Gasteiger partial charge >= 0.3 is 0 Å². The number of para-hydroxylation sites is 1. The zero-order valence-electron chi connectivity index (χ0n) is 11.4. The average Bonchev–Trinajstić information content (AvgIpc) is 2.93. The fourth-order valence-electron chi connectivity index (χ4n) is 2.71. The summed E-state index contributed by atoms with van der Waals surface area (Å²) in [5, 5.41) is 2.50. The standard InChI is InChI=1S/C18H10ClNO2/c19-12-7-6-11(10-21)16(9-12)14-4-1-3-13-15-5-2-8-20-18(15)22-17(13)14/h1-10H. The van der Waals surface area contributed by atoms with E-state index in [4.69, 9.17) is 16.0 Å². The van der Waals surface area contributed by atoms with Gasteiger partial charge in [0.15, 0.2) is 6.29 Å². The van der Waals surface area contributed by atoms with Crippen molar-refractivity contribution in [3.8, 4) is 11.1 Å². The lowest BCUT2D eigenvalue weighted by Crippen LogP contribution is -1.88. The van der Waals surface area contributed by atoms with Crippen LogP contribution in [0.5, 0.6) is 0 Å². The molecule has 0 N–H and O–H groups in total. The van der Waals surface area contributed by atoms with Crippen LogP contribution in [0.15, 0.2) is 59.1 Å². The Bertz CT molecular complexity index is 1020. The second-order valence-corrected chi connectivity index (χ2v) is 5.43. The first-order chi connectivity index (χ1) is 10.8. The van der Waals surface area contributed by atoms with E-state index < -0.39 is 0 Å². The van der Waals surface area contributed by atoms with Gasteiger partial charge in [0.25, 0.3) is 0 Å². The van der Waals surface area contributed by atoms with Crippen LogP contribution in [0.2, 0.25) is 5.02 Å². The first-order valence-electron chi connectivity index (χ1n) is 6.79. The molecule has 106 valence electrons. The van der Waals surface area contributed by atoms with Gasteiger partial charge in [-0.15, -0.1) is 0 Å². The van der Waals surface area contributed by atoms with Crippen LogP contribution in [0.25, 0.3) is 33.2 Å². The van der Waals surface area contributed by atoms with Crippen LogP contribution in [0, 0.1) is 0 Å². The Morgan fingerprint density at radius 1 is 1.00 bits per heavy atom. The molecule has 0 saturated carbocycles. The molecule has 2 heterocycles. The van der Waals surface area contributed by atoms with Crippen molar-refractivity contribution in [2.24, 2.45) is 0 Å². The van der Waals surface area contributed by atoms with Gasteiger partial charge in [0, 0.05) is 33.1 Å². The van der Waals surface area contributed by atoms with Crippen LogP contribution in [-0.4, -0.2) is 11.3 Å². The number of hydrogen-bond donors (Lipinski definition) is 0. The van der Waals surface area contributed by atoms with Gasteiger partial charge in [0.1, 0.15) is 5.58 Å². The van der Waals surface area contributed by atoms with Crippen molar-refractivity contribution in [3.63, 3.8) is 0 Å². The maximum Gasteiger partial charge on any atom is 0.227 e. The molecule has 0 radical (unpaired) electrons. The molecule has 4 heteroatoms. The third kappa shape index (κ3) is 1.90. The van der Waals surface area contributed by atoms with Gasteiger partial charge in [-0.05, 0) is 35.9 Å². The highest BCUT2D eigenvalue weighted by Gasteiger charge is 2.14. The molecular formula is C18H10ClNO2. The van der Waals surface area contributed by atoms with Crippen LogP contribution in [0.4, 0.5) is 0 Å². The quantitative estimate of drug-likeness (QED) is 0.483. The molecule has 4 rings (SSSR count). The minimum absolute atomic E-state index is 0.574. The van der Waals surface area contributed by atoms with E-state index in [0.29, 0.717) is 21.9 Å². The second-order valence-electron chi connectivity index (χ2n) is 4.99.